The summed E-state index contributed by atoms with van der Waals surface area (Å²) < 4.78 is 89.3. The number of alkyl halides is 7. The van der Waals surface area contributed by atoms with Crippen LogP contribution in [0.1, 0.15) is 27.2 Å². The standard InChI is InChI=1S/C10H11F7O2.Eu/c1-4-8(11,12)6(19)9(13,14)5(18)7(2,3)10(15,16)17;/h4H2,1-3H3;. The van der Waals surface area contributed by atoms with Gasteiger partial charge in [0.15, 0.2) is 0 Å². The molecule has 0 unspecified atom stereocenters. The summed E-state index contributed by atoms with van der Waals surface area (Å²) in [7, 11) is 0. The predicted octanol–water partition coefficient (Wildman–Crippen LogP) is 3.39. The van der Waals surface area contributed by atoms with Gasteiger partial charge in [0.25, 0.3) is 5.78 Å². The van der Waals surface area contributed by atoms with Crippen LogP contribution in [0.4, 0.5) is 30.7 Å². The van der Waals surface area contributed by atoms with Gasteiger partial charge in [0.2, 0.25) is 5.78 Å². The van der Waals surface area contributed by atoms with Crippen molar-refractivity contribution in [1.82, 2.24) is 0 Å². The molecule has 0 heterocycles. The van der Waals surface area contributed by atoms with Crippen LogP contribution in [0.2, 0.25) is 0 Å². The molecule has 0 fully saturated rings. The Labute approximate surface area is 151 Å². The monoisotopic (exact) mass is 449 g/mol. The van der Waals surface area contributed by atoms with Gasteiger partial charge in [-0.15, -0.1) is 0 Å². The maximum atomic E-state index is 13.2. The maximum absolute atomic E-state index is 13.2. The summed E-state index contributed by atoms with van der Waals surface area (Å²) in [4.78, 5) is 22.0. The molecular weight excluding hydrogens is 437 g/mol. The van der Waals surface area contributed by atoms with E-state index in [1.54, 1.807) is 0 Å². The van der Waals surface area contributed by atoms with E-state index in [1.165, 1.54) is 0 Å². The van der Waals surface area contributed by atoms with E-state index in [4.69, 9.17) is 0 Å². The summed E-state index contributed by atoms with van der Waals surface area (Å²) in [5, 5.41) is 0. The predicted molar refractivity (Wildman–Crippen MR) is 50.0 cm³/mol. The minimum atomic E-state index is -5.40. The van der Waals surface area contributed by atoms with Crippen molar-refractivity contribution in [3.8, 4) is 0 Å². The molecule has 0 aromatic carbocycles. The van der Waals surface area contributed by atoms with Gasteiger partial charge in [0, 0.05) is 55.8 Å². The van der Waals surface area contributed by atoms with Crippen molar-refractivity contribution in [2.24, 2.45) is 5.41 Å². The zero-order chi connectivity index (χ0) is 15.9. The molecule has 0 aliphatic heterocycles. The second-order valence-corrected chi connectivity index (χ2v) is 4.41. The van der Waals surface area contributed by atoms with E-state index in [0.29, 0.717) is 6.92 Å². The van der Waals surface area contributed by atoms with E-state index < -0.39 is 41.4 Å². The van der Waals surface area contributed by atoms with E-state index >= 15 is 0 Å². The first-order valence-electron chi connectivity index (χ1n) is 5.04. The molecule has 0 bridgehead atoms. The molecule has 0 amide bonds. The second-order valence-electron chi connectivity index (χ2n) is 4.41. The van der Waals surface area contributed by atoms with Crippen LogP contribution in [-0.4, -0.2) is 29.6 Å². The van der Waals surface area contributed by atoms with Crippen molar-refractivity contribution >= 4 is 11.6 Å². The van der Waals surface area contributed by atoms with Crippen molar-refractivity contribution in [1.29, 1.82) is 0 Å². The van der Waals surface area contributed by atoms with Gasteiger partial charge in [0.1, 0.15) is 5.41 Å². The minimum absolute atomic E-state index is 0. The average molecular weight is 448 g/mol. The Kier molecular flexibility index (Phi) is 7.59. The SMILES string of the molecule is CCC(F)(F)C(=O)C(F)(F)C(=O)C(C)(C)C(F)(F)F.[Eu]. The average Bonchev–Trinajstić information content (AvgIpc) is 2.25. The summed E-state index contributed by atoms with van der Waals surface area (Å²) in [5.41, 5.74) is -3.62. The van der Waals surface area contributed by atoms with Gasteiger partial charge in [0.05, 0.1) is 0 Å². The van der Waals surface area contributed by atoms with Crippen LogP contribution >= 0.6 is 0 Å². The van der Waals surface area contributed by atoms with Gasteiger partial charge in [-0.25, -0.2) is 0 Å². The molecule has 20 heavy (non-hydrogen) atoms. The molecule has 2 nitrogen and oxygen atoms in total. The molecule has 0 saturated heterocycles. The fraction of sp³-hybridized carbons (Fsp3) is 0.800. The number of carbonyl (C=O) groups is 2. The molecule has 0 N–H and O–H groups in total. The van der Waals surface area contributed by atoms with Gasteiger partial charge in [-0.1, -0.05) is 6.92 Å². The molecule has 0 aliphatic carbocycles. The first kappa shape index (κ1) is 22.7. The molecule has 119 valence electrons. The topological polar surface area (TPSA) is 34.1 Å². The zero-order valence-electron chi connectivity index (χ0n) is 10.5. The molecular formula is C10H11EuF7O2. The molecule has 0 rings (SSSR count). The number of ketones is 2. The summed E-state index contributed by atoms with van der Waals surface area (Å²) in [6.45, 7) is 0.884. The molecule has 0 aromatic heterocycles. The van der Waals surface area contributed by atoms with Crippen LogP contribution in [-0.2, 0) is 9.59 Å². The Morgan fingerprint density at radius 3 is 1.45 bits per heavy atom. The quantitative estimate of drug-likeness (QED) is 0.478. The zero-order valence-corrected chi connectivity index (χ0v) is 13.0. The molecule has 0 aliphatic rings. The first-order valence-corrected chi connectivity index (χ1v) is 5.04. The molecule has 10 heteroatoms. The van der Waals surface area contributed by atoms with Crippen molar-refractivity contribution in [2.45, 2.75) is 45.2 Å². The number of halogens is 7. The Morgan fingerprint density at radius 2 is 1.20 bits per heavy atom. The number of rotatable bonds is 5. The summed E-state index contributed by atoms with van der Waals surface area (Å²) in [6, 6.07) is 0. The summed E-state index contributed by atoms with van der Waals surface area (Å²) >= 11 is 0. The number of Topliss-reactive ketones (excluding diaryl/α,β-unsaturated/α-hetero) is 2. The van der Waals surface area contributed by atoms with E-state index in [2.05, 4.69) is 0 Å². The van der Waals surface area contributed by atoms with E-state index in [1.807, 2.05) is 0 Å². The Bertz CT molecular complexity index is 388. The van der Waals surface area contributed by atoms with Crippen LogP contribution < -0.4 is 0 Å². The van der Waals surface area contributed by atoms with Gasteiger partial charge in [-0.05, 0) is 13.8 Å². The van der Waals surface area contributed by atoms with Gasteiger partial charge in [-0.2, -0.15) is 30.7 Å². The van der Waals surface area contributed by atoms with Crippen LogP contribution in [0.5, 0.6) is 0 Å². The molecule has 0 aromatic rings. The van der Waals surface area contributed by atoms with Gasteiger partial charge < -0.3 is 0 Å². The van der Waals surface area contributed by atoms with Crippen LogP contribution in [0.25, 0.3) is 0 Å². The number of carbonyl (C=O) groups excluding carboxylic acids is 2. The largest absolute Gasteiger partial charge is 0.401 e. The molecule has 0 atom stereocenters. The Morgan fingerprint density at radius 1 is 0.850 bits per heavy atom. The summed E-state index contributed by atoms with van der Waals surface area (Å²) in [6.07, 6.45) is -6.74. The second kappa shape index (κ2) is 6.68. The maximum Gasteiger partial charge on any atom is 0.401 e. The van der Waals surface area contributed by atoms with Crippen LogP contribution in [0.15, 0.2) is 0 Å². The fourth-order valence-corrected chi connectivity index (χ4v) is 1.01. The van der Waals surface area contributed by atoms with Gasteiger partial charge in [-0.3, -0.25) is 9.59 Å². The van der Waals surface area contributed by atoms with Crippen LogP contribution in [0, 0.1) is 54.8 Å². The van der Waals surface area contributed by atoms with Crippen molar-refractivity contribution in [3.63, 3.8) is 0 Å². The van der Waals surface area contributed by atoms with E-state index in [0.717, 1.165) is 0 Å². The summed E-state index contributed by atoms with van der Waals surface area (Å²) in [5.74, 6) is -16.0. The third-order valence-electron chi connectivity index (χ3n) is 2.62. The molecule has 0 saturated carbocycles. The smallest absolute Gasteiger partial charge is 0.291 e. The Hall–Kier alpha value is 0.434. The number of hydrogen-bond acceptors (Lipinski definition) is 2. The van der Waals surface area contributed by atoms with E-state index in [-0.39, 0.29) is 63.2 Å². The fourth-order valence-electron chi connectivity index (χ4n) is 1.01. The van der Waals surface area contributed by atoms with Crippen molar-refractivity contribution < 1.29 is 89.7 Å². The number of hydrogen-bond donors (Lipinski definition) is 0. The third-order valence-corrected chi connectivity index (χ3v) is 2.62. The van der Waals surface area contributed by atoms with Crippen LogP contribution in [0.3, 0.4) is 0 Å². The molecule has 0 spiro atoms. The Balaban J connectivity index is 0. The van der Waals surface area contributed by atoms with Crippen molar-refractivity contribution in [3.05, 3.63) is 0 Å². The van der Waals surface area contributed by atoms with Gasteiger partial charge >= 0.3 is 18.0 Å². The van der Waals surface area contributed by atoms with E-state index in [9.17, 15) is 40.3 Å². The normalized spacial score (nSPS) is 13.7. The first-order chi connectivity index (χ1) is 8.12. The minimum Gasteiger partial charge on any atom is -0.291 e. The van der Waals surface area contributed by atoms with Crippen molar-refractivity contribution in [2.75, 3.05) is 0 Å². The molecule has 1 radical (unpaired) electrons. The third kappa shape index (κ3) is 4.22.